The van der Waals surface area contributed by atoms with Crippen molar-refractivity contribution in [1.82, 2.24) is 5.32 Å². The molecular formula is C8H15N2O+. The minimum absolute atomic E-state index is 0.267. The topological polar surface area (TPSA) is 29.1 Å². The molecule has 0 saturated carbocycles. The zero-order valence-corrected chi connectivity index (χ0v) is 6.97. The molecule has 1 N–H and O–H groups in total. The summed E-state index contributed by atoms with van der Waals surface area (Å²) in [4.78, 5) is 11.4. The second-order valence-corrected chi connectivity index (χ2v) is 3.88. The summed E-state index contributed by atoms with van der Waals surface area (Å²) < 4.78 is 0.992. The van der Waals surface area contributed by atoms with E-state index in [0.717, 1.165) is 24.0 Å². The van der Waals surface area contributed by atoms with Crippen molar-refractivity contribution < 1.29 is 9.28 Å². The number of hydrogen-bond donors (Lipinski definition) is 1. The van der Waals surface area contributed by atoms with E-state index in [1.165, 1.54) is 13.0 Å². The third-order valence-electron chi connectivity index (χ3n) is 3.12. The lowest BCUT2D eigenvalue weighted by Gasteiger charge is -2.38. The average Bonchev–Trinajstić information content (AvgIpc) is 2.31. The van der Waals surface area contributed by atoms with Gasteiger partial charge in [0.25, 0.3) is 5.91 Å². The van der Waals surface area contributed by atoms with Crippen molar-refractivity contribution in [2.24, 2.45) is 0 Å². The van der Waals surface area contributed by atoms with Crippen LogP contribution in [0.3, 0.4) is 0 Å². The first-order valence-corrected chi connectivity index (χ1v) is 4.34. The van der Waals surface area contributed by atoms with Crippen molar-refractivity contribution >= 4 is 5.91 Å². The number of hydrogen-bond acceptors (Lipinski definition) is 1. The number of nitrogens with one attached hydrogen (secondary N) is 1. The van der Waals surface area contributed by atoms with Gasteiger partial charge in [-0.2, -0.15) is 0 Å². The Hall–Kier alpha value is -0.570. The molecule has 11 heavy (non-hydrogen) atoms. The molecule has 1 amide bonds. The second-order valence-electron chi connectivity index (χ2n) is 3.88. The van der Waals surface area contributed by atoms with Gasteiger partial charge < -0.3 is 9.80 Å². The maximum absolute atomic E-state index is 11.4. The van der Waals surface area contributed by atoms with Crippen molar-refractivity contribution in [3.8, 4) is 0 Å². The van der Waals surface area contributed by atoms with Crippen molar-refractivity contribution in [2.45, 2.75) is 18.9 Å². The molecule has 2 rings (SSSR count). The standard InChI is InChI=1S/C8H14N2O/c1-10-5-2-3-7(10)8(11)9-4-6-10/h7H,2-6H2,1H3/p+1. The lowest BCUT2D eigenvalue weighted by molar-refractivity contribution is -0.913. The zero-order valence-electron chi connectivity index (χ0n) is 6.97. The van der Waals surface area contributed by atoms with Gasteiger partial charge in [-0.1, -0.05) is 0 Å². The lowest BCUT2D eigenvalue weighted by atomic mass is 10.1. The highest BCUT2D eigenvalue weighted by Gasteiger charge is 2.45. The van der Waals surface area contributed by atoms with E-state index >= 15 is 0 Å². The number of amides is 1. The number of fused-ring (bicyclic) bond motifs is 1. The Morgan fingerprint density at radius 1 is 1.55 bits per heavy atom. The summed E-state index contributed by atoms with van der Waals surface area (Å²) >= 11 is 0. The predicted molar refractivity (Wildman–Crippen MR) is 42.0 cm³/mol. The second kappa shape index (κ2) is 2.21. The molecule has 2 atom stereocenters. The molecule has 0 aromatic heterocycles. The third-order valence-corrected chi connectivity index (χ3v) is 3.12. The van der Waals surface area contributed by atoms with E-state index in [9.17, 15) is 4.79 Å². The number of piperazine rings is 1. The molecule has 0 bridgehead atoms. The highest BCUT2D eigenvalue weighted by atomic mass is 16.2. The SMILES string of the molecule is C[N+]12CCCC1C(=O)NCC2. The summed E-state index contributed by atoms with van der Waals surface area (Å²) in [6.45, 7) is 3.18. The average molecular weight is 155 g/mol. The van der Waals surface area contributed by atoms with Crippen LogP contribution < -0.4 is 5.32 Å². The van der Waals surface area contributed by atoms with E-state index in [0.29, 0.717) is 0 Å². The molecule has 2 aliphatic rings. The highest BCUT2D eigenvalue weighted by Crippen LogP contribution is 2.26. The Kier molecular flexibility index (Phi) is 1.42. The van der Waals surface area contributed by atoms with Gasteiger partial charge >= 0.3 is 0 Å². The van der Waals surface area contributed by atoms with Crippen LogP contribution in [0.4, 0.5) is 0 Å². The summed E-state index contributed by atoms with van der Waals surface area (Å²) in [6.07, 6.45) is 2.30. The monoisotopic (exact) mass is 155 g/mol. The Morgan fingerprint density at radius 2 is 2.36 bits per heavy atom. The molecule has 0 aromatic rings. The molecule has 2 unspecified atom stereocenters. The molecular weight excluding hydrogens is 140 g/mol. The minimum Gasteiger partial charge on any atom is -0.345 e. The van der Waals surface area contributed by atoms with E-state index in [4.69, 9.17) is 0 Å². The fourth-order valence-corrected chi connectivity index (χ4v) is 2.35. The van der Waals surface area contributed by atoms with Gasteiger partial charge in [-0.05, 0) is 0 Å². The molecule has 2 heterocycles. The number of carbonyl (C=O) groups excluding carboxylic acids is 1. The number of nitrogens with zero attached hydrogens (tertiary/aromatic N) is 1. The maximum Gasteiger partial charge on any atom is 0.278 e. The first-order valence-electron chi connectivity index (χ1n) is 4.34. The molecule has 0 aliphatic carbocycles. The van der Waals surface area contributed by atoms with Crippen molar-refractivity contribution in [2.75, 3.05) is 26.7 Å². The quantitative estimate of drug-likeness (QED) is 0.479. The van der Waals surface area contributed by atoms with Gasteiger partial charge in [0, 0.05) is 12.8 Å². The van der Waals surface area contributed by atoms with Crippen LogP contribution in [0.5, 0.6) is 0 Å². The number of rotatable bonds is 0. The summed E-state index contributed by atoms with van der Waals surface area (Å²) in [5.41, 5.74) is 0. The summed E-state index contributed by atoms with van der Waals surface area (Å²) in [5.74, 6) is 0.274. The van der Waals surface area contributed by atoms with E-state index in [1.807, 2.05) is 0 Å². The van der Waals surface area contributed by atoms with Crippen LogP contribution >= 0.6 is 0 Å². The van der Waals surface area contributed by atoms with Gasteiger partial charge in [-0.3, -0.25) is 4.79 Å². The molecule has 3 nitrogen and oxygen atoms in total. The van der Waals surface area contributed by atoms with Crippen LogP contribution in [0.15, 0.2) is 0 Å². The smallest absolute Gasteiger partial charge is 0.278 e. The van der Waals surface area contributed by atoms with E-state index in [1.54, 1.807) is 0 Å². The predicted octanol–water partition coefficient (Wildman–Crippen LogP) is -0.275. The van der Waals surface area contributed by atoms with E-state index in [-0.39, 0.29) is 11.9 Å². The molecule has 2 fully saturated rings. The van der Waals surface area contributed by atoms with Gasteiger partial charge in [-0.15, -0.1) is 0 Å². The zero-order chi connectivity index (χ0) is 7.90. The van der Waals surface area contributed by atoms with Crippen molar-refractivity contribution in [1.29, 1.82) is 0 Å². The summed E-state index contributed by atoms with van der Waals surface area (Å²) in [6, 6.07) is 0.267. The van der Waals surface area contributed by atoms with Crippen LogP contribution in [-0.4, -0.2) is 43.1 Å². The Balaban J connectivity index is 2.22. The molecule has 2 saturated heterocycles. The fraction of sp³-hybridized carbons (Fsp3) is 0.875. The van der Waals surface area contributed by atoms with Crippen LogP contribution in [0, 0.1) is 0 Å². The van der Waals surface area contributed by atoms with Crippen LogP contribution in [0.2, 0.25) is 0 Å². The largest absolute Gasteiger partial charge is 0.345 e. The van der Waals surface area contributed by atoms with E-state index in [2.05, 4.69) is 12.4 Å². The van der Waals surface area contributed by atoms with Gasteiger partial charge in [0.05, 0.1) is 26.7 Å². The van der Waals surface area contributed by atoms with Crippen LogP contribution in [0.1, 0.15) is 12.8 Å². The van der Waals surface area contributed by atoms with Gasteiger partial charge in [0.1, 0.15) is 0 Å². The molecule has 3 heteroatoms. The number of carbonyl (C=O) groups is 1. The molecule has 2 aliphatic heterocycles. The number of quaternary nitrogens is 1. The molecule has 62 valence electrons. The van der Waals surface area contributed by atoms with E-state index < -0.39 is 0 Å². The van der Waals surface area contributed by atoms with Gasteiger partial charge in [-0.25, -0.2) is 0 Å². The Labute approximate surface area is 67.0 Å². The lowest BCUT2D eigenvalue weighted by Crippen LogP contribution is -2.62. The summed E-state index contributed by atoms with van der Waals surface area (Å²) in [7, 11) is 2.20. The highest BCUT2D eigenvalue weighted by molar-refractivity contribution is 5.81. The molecule has 0 aromatic carbocycles. The molecule has 0 spiro atoms. The first kappa shape index (κ1) is 7.10. The molecule has 0 radical (unpaired) electrons. The third kappa shape index (κ3) is 0.948. The van der Waals surface area contributed by atoms with Crippen molar-refractivity contribution in [3.63, 3.8) is 0 Å². The van der Waals surface area contributed by atoms with Crippen molar-refractivity contribution in [3.05, 3.63) is 0 Å². The normalized spacial score (nSPS) is 43.4. The van der Waals surface area contributed by atoms with Gasteiger partial charge in [0.2, 0.25) is 0 Å². The maximum atomic E-state index is 11.4. The van der Waals surface area contributed by atoms with Crippen LogP contribution in [0.25, 0.3) is 0 Å². The number of likely N-dealkylation sites (N-methyl/N-ethyl adjacent to an activating group) is 1. The van der Waals surface area contributed by atoms with Gasteiger partial charge in [0.15, 0.2) is 6.04 Å². The van der Waals surface area contributed by atoms with Crippen LogP contribution in [-0.2, 0) is 4.79 Å². The minimum atomic E-state index is 0.267. The Bertz CT molecular complexity index is 193. The fourth-order valence-electron chi connectivity index (χ4n) is 2.35. The first-order chi connectivity index (χ1) is 5.22. The Morgan fingerprint density at radius 3 is 3.09 bits per heavy atom. The summed E-state index contributed by atoms with van der Waals surface area (Å²) in [5, 5.41) is 2.92.